The van der Waals surface area contributed by atoms with Crippen LogP contribution in [0, 0.1) is 13.8 Å². The molecule has 0 aromatic heterocycles. The molecule has 0 aliphatic heterocycles. The number of nitrogen functional groups attached to an aromatic ring is 2. The molecule has 0 radical (unpaired) electrons. The van der Waals surface area contributed by atoms with E-state index in [9.17, 15) is 0 Å². The van der Waals surface area contributed by atoms with Gasteiger partial charge in [-0.1, -0.05) is 0 Å². The molecule has 2 rings (SSSR count). The maximum Gasteiger partial charge on any atom is 0.0887 e. The van der Waals surface area contributed by atoms with Gasteiger partial charge >= 0.3 is 0 Å². The fraction of sp³-hybridized carbons (Fsp3) is 0.143. The van der Waals surface area contributed by atoms with Crippen LogP contribution in [0.3, 0.4) is 0 Å². The van der Waals surface area contributed by atoms with Gasteiger partial charge in [0.25, 0.3) is 0 Å². The summed E-state index contributed by atoms with van der Waals surface area (Å²) in [4.78, 5) is 0. The maximum atomic E-state index is 5.69. The Balaban J connectivity index is 2.30. The van der Waals surface area contributed by atoms with Gasteiger partial charge in [-0.3, -0.25) is 0 Å². The first-order chi connectivity index (χ1) is 8.56. The Hall–Kier alpha value is -2.36. The Kier molecular flexibility index (Phi) is 3.28. The lowest BCUT2D eigenvalue weighted by molar-refractivity contribution is 1.19. The first-order valence-corrected chi connectivity index (χ1v) is 5.70. The molecule has 92 valence electrons. The van der Waals surface area contributed by atoms with Gasteiger partial charge < -0.3 is 11.5 Å². The van der Waals surface area contributed by atoms with Gasteiger partial charge in [0.15, 0.2) is 0 Å². The fourth-order valence-electron chi connectivity index (χ4n) is 1.69. The van der Waals surface area contributed by atoms with Gasteiger partial charge in [0, 0.05) is 11.4 Å². The van der Waals surface area contributed by atoms with Crippen LogP contribution in [0.2, 0.25) is 0 Å². The van der Waals surface area contributed by atoms with Crippen molar-refractivity contribution in [3.8, 4) is 0 Å². The maximum absolute atomic E-state index is 5.69. The third-order valence-corrected chi connectivity index (χ3v) is 2.71. The molecule has 18 heavy (non-hydrogen) atoms. The second-order valence-electron chi connectivity index (χ2n) is 4.29. The zero-order chi connectivity index (χ0) is 13.1. The highest BCUT2D eigenvalue weighted by atomic mass is 15.1. The SMILES string of the molecule is Cc1cc(N)ccc1N=Nc1ccc(N)cc1C. The average Bonchev–Trinajstić information content (AvgIpc) is 2.30. The predicted molar refractivity (Wildman–Crippen MR) is 75.4 cm³/mol. The molecular weight excluding hydrogens is 224 g/mol. The number of azo groups is 1. The molecule has 4 heteroatoms. The number of hydrogen-bond acceptors (Lipinski definition) is 4. The van der Waals surface area contributed by atoms with E-state index in [1.165, 1.54) is 0 Å². The Labute approximate surface area is 106 Å². The van der Waals surface area contributed by atoms with Crippen LogP contribution in [-0.2, 0) is 0 Å². The van der Waals surface area contributed by atoms with Gasteiger partial charge in [0.2, 0.25) is 0 Å². The van der Waals surface area contributed by atoms with Crippen molar-refractivity contribution in [2.24, 2.45) is 10.2 Å². The fourth-order valence-corrected chi connectivity index (χ4v) is 1.69. The summed E-state index contributed by atoms with van der Waals surface area (Å²) in [5, 5.41) is 8.47. The normalized spacial score (nSPS) is 11.0. The summed E-state index contributed by atoms with van der Waals surface area (Å²) in [6.07, 6.45) is 0. The van der Waals surface area contributed by atoms with Gasteiger partial charge in [0.05, 0.1) is 11.4 Å². The molecule has 2 aromatic carbocycles. The largest absolute Gasteiger partial charge is 0.399 e. The summed E-state index contributed by atoms with van der Waals surface area (Å²) in [7, 11) is 0. The van der Waals surface area contributed by atoms with Crippen LogP contribution in [0.5, 0.6) is 0 Å². The third-order valence-electron chi connectivity index (χ3n) is 2.71. The van der Waals surface area contributed by atoms with Crippen molar-refractivity contribution in [3.63, 3.8) is 0 Å². The van der Waals surface area contributed by atoms with Gasteiger partial charge in [-0.05, 0) is 61.4 Å². The number of aryl methyl sites for hydroxylation is 2. The highest BCUT2D eigenvalue weighted by Crippen LogP contribution is 2.26. The minimum atomic E-state index is 0.732. The summed E-state index contributed by atoms with van der Waals surface area (Å²) in [5.74, 6) is 0. The molecule has 0 atom stereocenters. The monoisotopic (exact) mass is 240 g/mol. The quantitative estimate of drug-likeness (QED) is 0.617. The Morgan fingerprint density at radius 1 is 0.722 bits per heavy atom. The molecule has 0 saturated carbocycles. The molecule has 0 aliphatic carbocycles. The van der Waals surface area contributed by atoms with E-state index in [1.807, 2.05) is 50.2 Å². The van der Waals surface area contributed by atoms with Crippen LogP contribution in [0.4, 0.5) is 22.7 Å². The van der Waals surface area contributed by atoms with E-state index in [0.29, 0.717) is 0 Å². The molecule has 4 N–H and O–H groups in total. The zero-order valence-electron chi connectivity index (χ0n) is 10.5. The standard InChI is InChI=1S/C14H16N4/c1-9-7-11(15)3-5-13(9)17-18-14-6-4-12(16)8-10(14)2/h3-8H,15-16H2,1-2H3. The number of anilines is 2. The highest BCUT2D eigenvalue weighted by Gasteiger charge is 1.99. The van der Waals surface area contributed by atoms with Crippen molar-refractivity contribution in [1.82, 2.24) is 0 Å². The lowest BCUT2D eigenvalue weighted by atomic mass is 10.2. The van der Waals surface area contributed by atoms with E-state index in [-0.39, 0.29) is 0 Å². The lowest BCUT2D eigenvalue weighted by Gasteiger charge is -2.02. The van der Waals surface area contributed by atoms with Crippen LogP contribution in [-0.4, -0.2) is 0 Å². The van der Waals surface area contributed by atoms with Gasteiger partial charge in [-0.25, -0.2) is 0 Å². The number of hydrogen-bond donors (Lipinski definition) is 2. The second-order valence-corrected chi connectivity index (χ2v) is 4.29. The van der Waals surface area contributed by atoms with Gasteiger partial charge in [0.1, 0.15) is 0 Å². The summed E-state index contributed by atoms with van der Waals surface area (Å²) >= 11 is 0. The van der Waals surface area contributed by atoms with Crippen LogP contribution in [0.15, 0.2) is 46.6 Å². The van der Waals surface area contributed by atoms with E-state index < -0.39 is 0 Å². The van der Waals surface area contributed by atoms with E-state index in [4.69, 9.17) is 11.5 Å². The summed E-state index contributed by atoms with van der Waals surface area (Å²) < 4.78 is 0. The van der Waals surface area contributed by atoms with Crippen molar-refractivity contribution in [1.29, 1.82) is 0 Å². The molecule has 0 amide bonds. The first kappa shape index (κ1) is 12.1. The number of benzene rings is 2. The molecule has 0 saturated heterocycles. The zero-order valence-corrected chi connectivity index (χ0v) is 10.5. The molecule has 0 spiro atoms. The Morgan fingerprint density at radius 2 is 1.11 bits per heavy atom. The first-order valence-electron chi connectivity index (χ1n) is 5.70. The average molecular weight is 240 g/mol. The van der Waals surface area contributed by atoms with Crippen molar-refractivity contribution in [2.75, 3.05) is 11.5 Å². The minimum absolute atomic E-state index is 0.732. The van der Waals surface area contributed by atoms with Crippen LogP contribution >= 0.6 is 0 Å². The summed E-state index contributed by atoms with van der Waals surface area (Å²) in [6, 6.07) is 11.1. The molecule has 0 heterocycles. The number of nitrogens with zero attached hydrogens (tertiary/aromatic N) is 2. The number of nitrogens with two attached hydrogens (primary N) is 2. The molecule has 0 unspecified atom stereocenters. The van der Waals surface area contributed by atoms with Gasteiger partial charge in [-0.15, -0.1) is 0 Å². The molecule has 2 aromatic rings. The topological polar surface area (TPSA) is 76.8 Å². The van der Waals surface area contributed by atoms with Crippen LogP contribution in [0.25, 0.3) is 0 Å². The predicted octanol–water partition coefficient (Wildman–Crippen LogP) is 3.88. The molecule has 0 aliphatic rings. The van der Waals surface area contributed by atoms with Crippen molar-refractivity contribution in [2.45, 2.75) is 13.8 Å². The van der Waals surface area contributed by atoms with Crippen molar-refractivity contribution >= 4 is 22.7 Å². The lowest BCUT2D eigenvalue weighted by Crippen LogP contribution is -1.85. The Morgan fingerprint density at radius 3 is 1.44 bits per heavy atom. The van der Waals surface area contributed by atoms with Crippen LogP contribution < -0.4 is 11.5 Å². The van der Waals surface area contributed by atoms with E-state index >= 15 is 0 Å². The molecule has 4 nitrogen and oxygen atoms in total. The van der Waals surface area contributed by atoms with Crippen molar-refractivity contribution < 1.29 is 0 Å². The minimum Gasteiger partial charge on any atom is -0.399 e. The van der Waals surface area contributed by atoms with Crippen LogP contribution in [0.1, 0.15) is 11.1 Å². The summed E-state index contributed by atoms with van der Waals surface area (Å²) in [5.41, 5.74) is 16.5. The molecular formula is C14H16N4. The number of rotatable bonds is 2. The molecule has 0 fully saturated rings. The molecule has 0 bridgehead atoms. The smallest absolute Gasteiger partial charge is 0.0887 e. The van der Waals surface area contributed by atoms with E-state index in [2.05, 4.69) is 10.2 Å². The second kappa shape index (κ2) is 4.87. The van der Waals surface area contributed by atoms with E-state index in [0.717, 1.165) is 33.9 Å². The van der Waals surface area contributed by atoms with Gasteiger partial charge in [-0.2, -0.15) is 10.2 Å². The third kappa shape index (κ3) is 2.66. The van der Waals surface area contributed by atoms with Crippen molar-refractivity contribution in [3.05, 3.63) is 47.5 Å². The summed E-state index contributed by atoms with van der Waals surface area (Å²) in [6.45, 7) is 3.92. The van der Waals surface area contributed by atoms with E-state index in [1.54, 1.807) is 0 Å². The Bertz CT molecular complexity index is 549. The highest BCUT2D eigenvalue weighted by molar-refractivity contribution is 5.56.